The summed E-state index contributed by atoms with van der Waals surface area (Å²) in [5.74, 6) is 0.794. The topological polar surface area (TPSA) is 47.0 Å². The van der Waals surface area contributed by atoms with Crippen LogP contribution in [0.2, 0.25) is 0 Å². The zero-order valence-corrected chi connectivity index (χ0v) is 12.3. The highest BCUT2D eigenvalue weighted by Crippen LogP contribution is 2.32. The number of halogens is 3. The second-order valence-corrected chi connectivity index (χ2v) is 5.37. The fourth-order valence-electron chi connectivity index (χ4n) is 1.74. The van der Waals surface area contributed by atoms with Gasteiger partial charge in [0.05, 0.1) is 7.11 Å². The molecule has 114 valence electrons. The molecule has 2 rings (SSSR count). The summed E-state index contributed by atoms with van der Waals surface area (Å²) < 4.78 is 42.4. The number of nitrogens with one attached hydrogen (secondary N) is 1. The average Bonchev–Trinajstić information content (AvgIpc) is 2.89. The highest BCUT2D eigenvalue weighted by Gasteiger charge is 2.35. The smallest absolute Gasteiger partial charge is 0.445 e. The van der Waals surface area contributed by atoms with Crippen LogP contribution in [0.5, 0.6) is 5.75 Å². The van der Waals surface area contributed by atoms with Crippen LogP contribution in [0.4, 0.5) is 18.3 Å². The fraction of sp³-hybridized carbons (Fsp3) is 0.385. The molecular weight excluding hydrogens is 303 g/mol. The first-order valence-corrected chi connectivity index (χ1v) is 7.00. The molecule has 8 heteroatoms. The van der Waals surface area contributed by atoms with Gasteiger partial charge in [-0.3, -0.25) is 0 Å². The van der Waals surface area contributed by atoms with Crippen molar-refractivity contribution in [1.29, 1.82) is 0 Å². The van der Waals surface area contributed by atoms with Gasteiger partial charge in [-0.15, -0.1) is 10.2 Å². The van der Waals surface area contributed by atoms with Crippen LogP contribution in [-0.2, 0) is 12.6 Å². The predicted molar refractivity (Wildman–Crippen MR) is 74.8 cm³/mol. The molecule has 0 saturated carbocycles. The maximum atomic E-state index is 12.4. The Kier molecular flexibility index (Phi) is 4.66. The Balaban J connectivity index is 1.91. The molecule has 0 spiro atoms. The van der Waals surface area contributed by atoms with E-state index in [9.17, 15) is 13.2 Å². The van der Waals surface area contributed by atoms with Crippen molar-refractivity contribution in [2.24, 2.45) is 0 Å². The van der Waals surface area contributed by atoms with Gasteiger partial charge < -0.3 is 10.1 Å². The molecule has 4 nitrogen and oxygen atoms in total. The van der Waals surface area contributed by atoms with Crippen LogP contribution >= 0.6 is 11.3 Å². The van der Waals surface area contributed by atoms with Gasteiger partial charge in [0.25, 0.3) is 0 Å². The number of ether oxygens (including phenoxy) is 1. The minimum absolute atomic E-state index is 0.168. The number of methoxy groups -OCH3 is 1. The largest absolute Gasteiger partial charge is 0.496 e. The summed E-state index contributed by atoms with van der Waals surface area (Å²) in [6.45, 7) is 2.42. The zero-order chi connectivity index (χ0) is 15.5. The van der Waals surface area contributed by atoms with Gasteiger partial charge in [-0.2, -0.15) is 13.2 Å². The number of rotatable bonds is 5. The third-order valence-electron chi connectivity index (χ3n) is 2.83. The van der Waals surface area contributed by atoms with Crippen LogP contribution in [0.15, 0.2) is 18.2 Å². The quantitative estimate of drug-likeness (QED) is 0.916. The average molecular weight is 317 g/mol. The van der Waals surface area contributed by atoms with Crippen molar-refractivity contribution in [2.45, 2.75) is 19.5 Å². The molecule has 0 atom stereocenters. The van der Waals surface area contributed by atoms with E-state index in [4.69, 9.17) is 4.74 Å². The Morgan fingerprint density at radius 2 is 2.05 bits per heavy atom. The first-order valence-electron chi connectivity index (χ1n) is 6.18. The first-order chi connectivity index (χ1) is 9.90. The maximum absolute atomic E-state index is 12.4. The van der Waals surface area contributed by atoms with Crippen LogP contribution in [0.25, 0.3) is 0 Å². The third-order valence-corrected chi connectivity index (χ3v) is 3.76. The lowest BCUT2D eigenvalue weighted by Gasteiger charge is -2.08. The number of aryl methyl sites for hydroxylation is 1. The number of nitrogens with zero attached hydrogens (tertiary/aromatic N) is 2. The van der Waals surface area contributed by atoms with Gasteiger partial charge >= 0.3 is 6.18 Å². The van der Waals surface area contributed by atoms with E-state index in [1.807, 2.05) is 25.1 Å². The molecule has 0 saturated heterocycles. The lowest BCUT2D eigenvalue weighted by Crippen LogP contribution is -2.04. The summed E-state index contributed by atoms with van der Waals surface area (Å²) in [4.78, 5) is 0. The van der Waals surface area contributed by atoms with Gasteiger partial charge in [0, 0.05) is 6.54 Å². The minimum Gasteiger partial charge on any atom is -0.496 e. The van der Waals surface area contributed by atoms with Crippen molar-refractivity contribution in [3.05, 3.63) is 34.3 Å². The fourth-order valence-corrected chi connectivity index (χ4v) is 2.38. The summed E-state index contributed by atoms with van der Waals surface area (Å²) in [7, 11) is 1.60. The highest BCUT2D eigenvalue weighted by atomic mass is 32.1. The number of hydrogen-bond donors (Lipinski definition) is 1. The van der Waals surface area contributed by atoms with Gasteiger partial charge in [0.15, 0.2) is 0 Å². The lowest BCUT2D eigenvalue weighted by atomic mass is 10.1. The summed E-state index contributed by atoms with van der Waals surface area (Å²) in [5, 5.41) is 8.65. The number of alkyl halides is 3. The molecular formula is C13H14F3N3OS. The van der Waals surface area contributed by atoms with Crippen LogP contribution in [0.1, 0.15) is 16.1 Å². The van der Waals surface area contributed by atoms with E-state index in [1.165, 1.54) is 0 Å². The van der Waals surface area contributed by atoms with Crippen LogP contribution < -0.4 is 10.1 Å². The number of aromatic nitrogens is 2. The Labute approximate surface area is 124 Å². The molecule has 1 N–H and O–H groups in total. The van der Waals surface area contributed by atoms with Crippen molar-refractivity contribution in [3.63, 3.8) is 0 Å². The zero-order valence-electron chi connectivity index (χ0n) is 11.5. The van der Waals surface area contributed by atoms with E-state index in [-0.39, 0.29) is 5.13 Å². The molecule has 0 aliphatic rings. The second kappa shape index (κ2) is 6.30. The van der Waals surface area contributed by atoms with Gasteiger partial charge in [0.1, 0.15) is 5.75 Å². The van der Waals surface area contributed by atoms with Crippen molar-refractivity contribution in [3.8, 4) is 5.75 Å². The first kappa shape index (κ1) is 15.6. The number of benzene rings is 1. The van der Waals surface area contributed by atoms with E-state index in [2.05, 4.69) is 15.5 Å². The van der Waals surface area contributed by atoms with Crippen molar-refractivity contribution in [2.75, 3.05) is 19.0 Å². The van der Waals surface area contributed by atoms with Crippen LogP contribution in [-0.4, -0.2) is 23.9 Å². The molecule has 0 aliphatic carbocycles. The number of anilines is 1. The Morgan fingerprint density at radius 3 is 2.67 bits per heavy atom. The monoisotopic (exact) mass is 317 g/mol. The van der Waals surface area contributed by atoms with E-state index in [0.717, 1.165) is 16.9 Å². The Bertz CT molecular complexity index is 613. The molecule has 0 bridgehead atoms. The standard InChI is InChI=1S/C13H14F3N3OS/c1-8-3-4-9(7-10(8)20-2)5-6-17-12-19-18-11(21-12)13(14,15)16/h3-4,7H,5-6H2,1-2H3,(H,17,19). The van der Waals surface area contributed by atoms with E-state index in [0.29, 0.717) is 24.3 Å². The minimum atomic E-state index is -4.44. The van der Waals surface area contributed by atoms with E-state index < -0.39 is 11.2 Å². The van der Waals surface area contributed by atoms with Crippen molar-refractivity contribution >= 4 is 16.5 Å². The van der Waals surface area contributed by atoms with E-state index in [1.54, 1.807) is 7.11 Å². The molecule has 2 aromatic rings. The van der Waals surface area contributed by atoms with Crippen LogP contribution in [0, 0.1) is 6.92 Å². The maximum Gasteiger partial charge on any atom is 0.445 e. The lowest BCUT2D eigenvalue weighted by molar-refractivity contribution is -0.138. The summed E-state index contributed by atoms with van der Waals surface area (Å²) in [5.41, 5.74) is 2.07. The van der Waals surface area contributed by atoms with E-state index >= 15 is 0 Å². The molecule has 1 heterocycles. The molecule has 0 radical (unpaired) electrons. The molecule has 1 aromatic heterocycles. The van der Waals surface area contributed by atoms with Gasteiger partial charge in [-0.05, 0) is 30.5 Å². The van der Waals surface area contributed by atoms with Crippen molar-refractivity contribution in [1.82, 2.24) is 10.2 Å². The van der Waals surface area contributed by atoms with Gasteiger partial charge in [-0.25, -0.2) is 0 Å². The molecule has 0 fully saturated rings. The normalized spacial score (nSPS) is 11.5. The Hall–Kier alpha value is -1.83. The van der Waals surface area contributed by atoms with Gasteiger partial charge in [0.2, 0.25) is 10.1 Å². The molecule has 0 aliphatic heterocycles. The predicted octanol–water partition coefficient (Wildman–Crippen LogP) is 3.53. The van der Waals surface area contributed by atoms with Gasteiger partial charge in [-0.1, -0.05) is 23.5 Å². The number of hydrogen-bond acceptors (Lipinski definition) is 5. The third kappa shape index (κ3) is 4.07. The highest BCUT2D eigenvalue weighted by molar-refractivity contribution is 7.15. The summed E-state index contributed by atoms with van der Waals surface area (Å²) in [6, 6.07) is 5.82. The van der Waals surface area contributed by atoms with Crippen molar-refractivity contribution < 1.29 is 17.9 Å². The SMILES string of the molecule is COc1cc(CCNc2nnc(C(F)(F)F)s2)ccc1C. The second-order valence-electron chi connectivity index (χ2n) is 4.39. The summed E-state index contributed by atoms with van der Waals surface area (Å²) in [6.07, 6.45) is -3.79. The summed E-state index contributed by atoms with van der Waals surface area (Å²) >= 11 is 0.502. The molecule has 0 unspecified atom stereocenters. The molecule has 1 aromatic carbocycles. The van der Waals surface area contributed by atoms with Crippen LogP contribution in [0.3, 0.4) is 0 Å². The molecule has 21 heavy (non-hydrogen) atoms. The Morgan fingerprint density at radius 1 is 1.29 bits per heavy atom. The molecule has 0 amide bonds.